The molecule has 4 heteroatoms. The fraction of sp³-hybridized carbons (Fsp3) is 0.571. The van der Waals surface area contributed by atoms with Crippen molar-refractivity contribution in [3.8, 4) is 0 Å². The maximum absolute atomic E-state index is 10.5. The fourth-order valence-corrected chi connectivity index (χ4v) is 0.612. The number of carbonyl (C=O) groups excluding carboxylic acids is 1. The van der Waals surface area contributed by atoms with E-state index < -0.39 is 0 Å². The molecule has 11 heavy (non-hydrogen) atoms. The third-order valence-electron chi connectivity index (χ3n) is 1.08. The molecule has 64 valence electrons. The first-order valence-corrected chi connectivity index (χ1v) is 3.77. The van der Waals surface area contributed by atoms with E-state index in [4.69, 9.17) is 11.6 Å². The molecule has 0 aliphatic rings. The van der Waals surface area contributed by atoms with Gasteiger partial charge in [-0.05, 0) is 0 Å². The highest BCUT2D eigenvalue weighted by Crippen LogP contribution is 1.81. The molecule has 0 rings (SSSR count). The molecule has 0 amide bonds. The van der Waals surface area contributed by atoms with Gasteiger partial charge in [0.15, 0.2) is 0 Å². The van der Waals surface area contributed by atoms with Gasteiger partial charge in [0, 0.05) is 18.6 Å². The number of hydrogen-bond acceptors (Lipinski definition) is 3. The summed E-state index contributed by atoms with van der Waals surface area (Å²) in [6, 6.07) is 0. The van der Waals surface area contributed by atoms with Crippen molar-refractivity contribution in [1.29, 1.82) is 0 Å². The van der Waals surface area contributed by atoms with E-state index in [-0.39, 0.29) is 5.97 Å². The molecule has 1 N–H and O–H groups in total. The third-order valence-corrected chi connectivity index (χ3v) is 1.26. The molecular formula is C7H12ClNO2. The monoisotopic (exact) mass is 177 g/mol. The number of esters is 1. The van der Waals surface area contributed by atoms with Crippen LogP contribution in [0.25, 0.3) is 0 Å². The molecule has 0 aromatic heterocycles. The van der Waals surface area contributed by atoms with E-state index in [1.807, 2.05) is 0 Å². The zero-order chi connectivity index (χ0) is 8.53. The fourth-order valence-electron chi connectivity index (χ4n) is 0.522. The van der Waals surface area contributed by atoms with Crippen LogP contribution in [0.2, 0.25) is 0 Å². The molecule has 0 saturated carbocycles. The maximum atomic E-state index is 10.5. The van der Waals surface area contributed by atoms with Gasteiger partial charge in [0.2, 0.25) is 0 Å². The van der Waals surface area contributed by atoms with Crippen molar-refractivity contribution in [2.75, 3.05) is 20.2 Å². The second-order valence-electron chi connectivity index (χ2n) is 1.89. The van der Waals surface area contributed by atoms with E-state index in [1.165, 1.54) is 12.6 Å². The average Bonchev–Trinajstić information content (AvgIpc) is 2.04. The molecule has 0 spiro atoms. The highest BCUT2D eigenvalue weighted by Gasteiger charge is 1.96. The molecule has 0 aliphatic heterocycles. The van der Waals surface area contributed by atoms with Crippen LogP contribution in [-0.2, 0) is 9.53 Å². The van der Waals surface area contributed by atoms with E-state index in [0.29, 0.717) is 19.5 Å². The second-order valence-corrected chi connectivity index (χ2v) is 2.14. The molecule has 0 fully saturated rings. The largest absolute Gasteiger partial charge is 0.469 e. The van der Waals surface area contributed by atoms with Crippen molar-refractivity contribution < 1.29 is 9.53 Å². The van der Waals surface area contributed by atoms with Crippen LogP contribution in [0.15, 0.2) is 11.6 Å². The van der Waals surface area contributed by atoms with E-state index >= 15 is 0 Å². The van der Waals surface area contributed by atoms with Gasteiger partial charge in [-0.25, -0.2) is 0 Å². The Morgan fingerprint density at radius 1 is 1.73 bits per heavy atom. The van der Waals surface area contributed by atoms with Gasteiger partial charge >= 0.3 is 5.97 Å². The summed E-state index contributed by atoms with van der Waals surface area (Å²) < 4.78 is 4.43. The summed E-state index contributed by atoms with van der Waals surface area (Å²) in [5, 5.41) is 2.98. The Kier molecular flexibility index (Phi) is 7.19. The van der Waals surface area contributed by atoms with Crippen LogP contribution in [0.1, 0.15) is 6.42 Å². The van der Waals surface area contributed by atoms with Crippen LogP contribution in [-0.4, -0.2) is 26.2 Å². The van der Waals surface area contributed by atoms with Crippen LogP contribution in [0, 0.1) is 0 Å². The lowest BCUT2D eigenvalue weighted by Crippen LogP contribution is -2.18. The molecule has 3 nitrogen and oxygen atoms in total. The quantitative estimate of drug-likeness (QED) is 0.501. The lowest BCUT2D eigenvalue weighted by molar-refractivity contribution is -0.140. The van der Waals surface area contributed by atoms with Gasteiger partial charge < -0.3 is 10.1 Å². The van der Waals surface area contributed by atoms with E-state index in [9.17, 15) is 4.79 Å². The smallest absolute Gasteiger partial charge is 0.306 e. The zero-order valence-electron chi connectivity index (χ0n) is 6.47. The Hall–Kier alpha value is -0.540. The van der Waals surface area contributed by atoms with Crippen LogP contribution in [0.3, 0.4) is 0 Å². The van der Waals surface area contributed by atoms with Crippen LogP contribution in [0.5, 0.6) is 0 Å². The van der Waals surface area contributed by atoms with Crippen molar-refractivity contribution in [3.63, 3.8) is 0 Å². The van der Waals surface area contributed by atoms with E-state index in [0.717, 1.165) is 0 Å². The summed E-state index contributed by atoms with van der Waals surface area (Å²) in [5.41, 5.74) is 1.44. The summed E-state index contributed by atoms with van der Waals surface area (Å²) >= 11 is 5.26. The van der Waals surface area contributed by atoms with E-state index in [2.05, 4.69) is 10.1 Å². The Balaban J connectivity index is 3.08. The molecular weight excluding hydrogens is 166 g/mol. The highest BCUT2D eigenvalue weighted by molar-refractivity contribution is 6.25. The summed E-state index contributed by atoms with van der Waals surface area (Å²) in [6.07, 6.45) is 2.16. The normalized spacial score (nSPS) is 10.4. The second kappa shape index (κ2) is 7.57. The standard InChI is InChI=1S/C7H12ClNO2/c1-11-7(10)3-6-9-5-2-4-8/h2,4,9H,3,5-6H2,1H3/b4-2+. The van der Waals surface area contributed by atoms with Crippen LogP contribution < -0.4 is 5.32 Å². The molecule has 0 atom stereocenters. The summed E-state index contributed by atoms with van der Waals surface area (Å²) in [7, 11) is 1.38. The van der Waals surface area contributed by atoms with Crippen LogP contribution in [0.4, 0.5) is 0 Å². The molecule has 0 bridgehead atoms. The van der Waals surface area contributed by atoms with Crippen molar-refractivity contribution >= 4 is 17.6 Å². The van der Waals surface area contributed by atoms with Gasteiger partial charge in [-0.15, -0.1) is 0 Å². The first kappa shape index (κ1) is 10.5. The minimum atomic E-state index is -0.202. The topological polar surface area (TPSA) is 38.3 Å². The summed E-state index contributed by atoms with van der Waals surface area (Å²) in [5.74, 6) is -0.202. The molecule has 0 aromatic carbocycles. The van der Waals surface area contributed by atoms with Gasteiger partial charge in [0.05, 0.1) is 13.5 Å². The maximum Gasteiger partial charge on any atom is 0.306 e. The molecule has 0 saturated heterocycles. The van der Waals surface area contributed by atoms with Gasteiger partial charge in [0.1, 0.15) is 0 Å². The number of rotatable bonds is 5. The molecule has 0 aliphatic carbocycles. The van der Waals surface area contributed by atoms with Crippen molar-refractivity contribution in [2.45, 2.75) is 6.42 Å². The minimum absolute atomic E-state index is 0.202. The van der Waals surface area contributed by atoms with Gasteiger partial charge in [-0.3, -0.25) is 4.79 Å². The number of carbonyl (C=O) groups is 1. The van der Waals surface area contributed by atoms with Gasteiger partial charge in [-0.2, -0.15) is 0 Å². The Morgan fingerprint density at radius 3 is 3.00 bits per heavy atom. The van der Waals surface area contributed by atoms with Gasteiger partial charge in [0.25, 0.3) is 0 Å². The Bertz CT molecular complexity index is 136. The molecule has 0 radical (unpaired) electrons. The zero-order valence-corrected chi connectivity index (χ0v) is 7.23. The first-order valence-electron chi connectivity index (χ1n) is 3.34. The van der Waals surface area contributed by atoms with Crippen molar-refractivity contribution in [2.24, 2.45) is 0 Å². The lowest BCUT2D eigenvalue weighted by Gasteiger charge is -1.98. The number of halogens is 1. The average molecular weight is 178 g/mol. The number of nitrogens with one attached hydrogen (secondary N) is 1. The van der Waals surface area contributed by atoms with Crippen LogP contribution >= 0.6 is 11.6 Å². The molecule has 0 aromatic rings. The van der Waals surface area contributed by atoms with Crippen molar-refractivity contribution in [1.82, 2.24) is 5.32 Å². The van der Waals surface area contributed by atoms with Crippen molar-refractivity contribution in [3.05, 3.63) is 11.6 Å². The SMILES string of the molecule is COC(=O)CCNC/C=C/Cl. The first-order chi connectivity index (χ1) is 5.31. The number of hydrogen-bond donors (Lipinski definition) is 1. The Morgan fingerprint density at radius 2 is 2.45 bits per heavy atom. The predicted molar refractivity (Wildman–Crippen MR) is 44.5 cm³/mol. The highest BCUT2D eigenvalue weighted by atomic mass is 35.5. The molecule has 0 heterocycles. The summed E-state index contributed by atoms with van der Waals surface area (Å²) in [4.78, 5) is 10.5. The predicted octanol–water partition coefficient (Wildman–Crippen LogP) is 0.892. The lowest BCUT2D eigenvalue weighted by atomic mass is 10.4. The molecule has 0 unspecified atom stereocenters. The summed E-state index contributed by atoms with van der Waals surface area (Å²) in [6.45, 7) is 1.30. The number of methoxy groups -OCH3 is 1. The van der Waals surface area contributed by atoms with E-state index in [1.54, 1.807) is 6.08 Å². The Labute approximate surface area is 71.4 Å². The number of ether oxygens (including phenoxy) is 1. The minimum Gasteiger partial charge on any atom is -0.469 e. The third kappa shape index (κ3) is 7.36. The van der Waals surface area contributed by atoms with Gasteiger partial charge in [-0.1, -0.05) is 17.7 Å².